The predicted octanol–water partition coefficient (Wildman–Crippen LogP) is 4.71. The molecule has 1 aromatic heterocycles. The highest BCUT2D eigenvalue weighted by Crippen LogP contribution is 2.21. The first-order valence-corrected chi connectivity index (χ1v) is 10.8. The third-order valence-corrected chi connectivity index (χ3v) is 5.51. The highest BCUT2D eigenvalue weighted by atomic mass is 32.1. The average molecular weight is 427 g/mol. The number of carbonyl (C=O) groups excluding carboxylic acids is 3. The highest BCUT2D eigenvalue weighted by molar-refractivity contribution is 7.14. The van der Waals surface area contributed by atoms with Gasteiger partial charge in [-0.15, -0.1) is 11.3 Å². The number of rotatable bonds is 12. The number of thiophene rings is 1. The minimum atomic E-state index is -0.219. The third kappa shape index (κ3) is 7.12. The van der Waals surface area contributed by atoms with Gasteiger partial charge >= 0.3 is 0 Å². The summed E-state index contributed by atoms with van der Waals surface area (Å²) in [6, 6.07) is 12.8. The van der Waals surface area contributed by atoms with Crippen LogP contribution in [0.25, 0.3) is 0 Å². The van der Waals surface area contributed by atoms with Crippen LogP contribution in [0, 0.1) is 18.3 Å². The summed E-state index contributed by atoms with van der Waals surface area (Å²) in [5.74, 6) is 0.326. The molecule has 30 heavy (non-hydrogen) atoms. The van der Waals surface area contributed by atoms with E-state index in [1.165, 1.54) is 16.2 Å². The van der Waals surface area contributed by atoms with Gasteiger partial charge in [0.25, 0.3) is 0 Å². The molecule has 0 radical (unpaired) electrons. The van der Waals surface area contributed by atoms with Crippen LogP contribution in [0.1, 0.15) is 53.6 Å². The van der Waals surface area contributed by atoms with Gasteiger partial charge in [-0.05, 0) is 50.2 Å². The lowest BCUT2D eigenvalue weighted by Crippen LogP contribution is -2.32. The van der Waals surface area contributed by atoms with Gasteiger partial charge in [0.2, 0.25) is 5.91 Å². The summed E-state index contributed by atoms with van der Waals surface area (Å²) in [5, 5.41) is 8.90. The second-order valence-corrected chi connectivity index (χ2v) is 8.04. The molecule has 0 atom stereocenters. The summed E-state index contributed by atoms with van der Waals surface area (Å²) < 4.78 is 5.41. The number of nitriles is 1. The maximum absolute atomic E-state index is 12.7. The second-order valence-electron chi connectivity index (χ2n) is 6.75. The molecule has 1 heterocycles. The Hall–Kier alpha value is -2.98. The van der Waals surface area contributed by atoms with Crippen LogP contribution < -0.4 is 9.64 Å². The van der Waals surface area contributed by atoms with Gasteiger partial charge in [-0.3, -0.25) is 14.4 Å². The second kappa shape index (κ2) is 11.9. The van der Waals surface area contributed by atoms with Crippen LogP contribution in [0.5, 0.6) is 5.75 Å². The lowest BCUT2D eigenvalue weighted by Gasteiger charge is -2.22. The van der Waals surface area contributed by atoms with Crippen molar-refractivity contribution < 1.29 is 19.1 Å². The first-order chi connectivity index (χ1) is 14.4. The summed E-state index contributed by atoms with van der Waals surface area (Å²) in [4.78, 5) is 40.3. The summed E-state index contributed by atoms with van der Waals surface area (Å²) >= 11 is 1.42. The molecule has 0 N–H and O–H groups in total. The van der Waals surface area contributed by atoms with E-state index in [4.69, 9.17) is 10.00 Å². The molecule has 0 aliphatic rings. The van der Waals surface area contributed by atoms with Crippen molar-refractivity contribution in [2.24, 2.45) is 0 Å². The van der Waals surface area contributed by atoms with E-state index in [-0.39, 0.29) is 56.1 Å². The van der Waals surface area contributed by atoms with Crippen LogP contribution in [0.4, 0.5) is 5.69 Å². The number of ether oxygens (including phenoxy) is 1. The molecule has 0 saturated heterocycles. The fraction of sp³-hybridized carbons (Fsp3) is 0.391. The van der Waals surface area contributed by atoms with E-state index in [9.17, 15) is 14.4 Å². The standard InChI is InChI=1S/C23H26N2O4S/c1-3-29-20-10-6-18(7-11-20)25(16-4-15-24)23(28)14-9-19(26)8-12-21(27)22-13-5-17(2)30-22/h5-7,10-11,13H,3-4,8-9,12,14,16H2,1-2H3. The van der Waals surface area contributed by atoms with E-state index in [0.717, 1.165) is 4.88 Å². The molecule has 0 bridgehead atoms. The van der Waals surface area contributed by atoms with E-state index in [2.05, 4.69) is 0 Å². The number of benzene rings is 1. The molecule has 1 aromatic carbocycles. The maximum Gasteiger partial charge on any atom is 0.227 e. The van der Waals surface area contributed by atoms with E-state index < -0.39 is 0 Å². The van der Waals surface area contributed by atoms with E-state index in [1.54, 1.807) is 30.3 Å². The monoisotopic (exact) mass is 426 g/mol. The lowest BCUT2D eigenvalue weighted by molar-refractivity contribution is -0.124. The molecule has 0 aliphatic heterocycles. The van der Waals surface area contributed by atoms with Crippen molar-refractivity contribution in [2.75, 3.05) is 18.1 Å². The Morgan fingerprint density at radius 3 is 2.33 bits per heavy atom. The molecule has 0 spiro atoms. The predicted molar refractivity (Wildman–Crippen MR) is 117 cm³/mol. The largest absolute Gasteiger partial charge is 0.494 e. The first-order valence-electron chi connectivity index (χ1n) is 9.96. The Balaban J connectivity index is 1.89. The number of Topliss-reactive ketones (excluding diaryl/α,β-unsaturated/α-hetero) is 2. The Bertz CT molecular complexity index is 912. The van der Waals surface area contributed by atoms with Crippen LogP contribution in [-0.2, 0) is 9.59 Å². The molecule has 0 unspecified atom stereocenters. The average Bonchev–Trinajstić information content (AvgIpc) is 3.18. The molecule has 0 saturated carbocycles. The summed E-state index contributed by atoms with van der Waals surface area (Å²) in [5.41, 5.74) is 0.661. The maximum atomic E-state index is 12.7. The SMILES string of the molecule is CCOc1ccc(N(CCC#N)C(=O)CCC(=O)CCC(=O)c2ccc(C)s2)cc1. The number of amides is 1. The molecular weight excluding hydrogens is 400 g/mol. The van der Waals surface area contributed by atoms with Crippen LogP contribution in [0.15, 0.2) is 36.4 Å². The molecule has 7 heteroatoms. The summed E-state index contributed by atoms with van der Waals surface area (Å²) in [7, 11) is 0. The topological polar surface area (TPSA) is 87.5 Å². The van der Waals surface area contributed by atoms with Crippen LogP contribution in [0.3, 0.4) is 0 Å². The van der Waals surface area contributed by atoms with Crippen molar-refractivity contribution in [3.63, 3.8) is 0 Å². The third-order valence-electron chi connectivity index (χ3n) is 4.47. The van der Waals surface area contributed by atoms with Gasteiger partial charge in [0.1, 0.15) is 11.5 Å². The molecule has 2 aromatic rings. The number of hydrogen-bond donors (Lipinski definition) is 0. The van der Waals surface area contributed by atoms with Crippen molar-refractivity contribution in [3.8, 4) is 11.8 Å². The highest BCUT2D eigenvalue weighted by Gasteiger charge is 2.18. The van der Waals surface area contributed by atoms with Gasteiger partial charge in [0.15, 0.2) is 5.78 Å². The Morgan fingerprint density at radius 1 is 1.03 bits per heavy atom. The van der Waals surface area contributed by atoms with Crippen LogP contribution in [0.2, 0.25) is 0 Å². The van der Waals surface area contributed by atoms with Crippen molar-refractivity contribution in [1.29, 1.82) is 5.26 Å². The number of nitrogens with zero attached hydrogens (tertiary/aromatic N) is 2. The Kier molecular flexibility index (Phi) is 9.23. The van der Waals surface area contributed by atoms with Crippen LogP contribution in [-0.4, -0.2) is 30.6 Å². The number of aryl methyl sites for hydroxylation is 1. The smallest absolute Gasteiger partial charge is 0.227 e. The van der Waals surface area contributed by atoms with E-state index in [0.29, 0.717) is 22.9 Å². The lowest BCUT2D eigenvalue weighted by atomic mass is 10.1. The van der Waals surface area contributed by atoms with Gasteiger partial charge in [0, 0.05) is 42.8 Å². The summed E-state index contributed by atoms with van der Waals surface area (Å²) in [6.07, 6.45) is 0.607. The Labute approximate surface area is 181 Å². The number of anilines is 1. The number of carbonyl (C=O) groups is 3. The fourth-order valence-electron chi connectivity index (χ4n) is 2.92. The van der Waals surface area contributed by atoms with Crippen molar-refractivity contribution >= 4 is 34.5 Å². The van der Waals surface area contributed by atoms with Crippen molar-refractivity contribution in [3.05, 3.63) is 46.2 Å². The molecule has 2 rings (SSSR count). The quantitative estimate of drug-likeness (QED) is 0.459. The molecular formula is C23H26N2O4S. The zero-order valence-corrected chi connectivity index (χ0v) is 18.2. The summed E-state index contributed by atoms with van der Waals surface area (Å²) in [6.45, 7) is 4.63. The number of ketones is 2. The zero-order chi connectivity index (χ0) is 21.9. The van der Waals surface area contributed by atoms with Gasteiger partial charge in [-0.1, -0.05) is 0 Å². The molecule has 0 aliphatic carbocycles. The minimum absolute atomic E-state index is 0.0437. The van der Waals surface area contributed by atoms with E-state index >= 15 is 0 Å². The number of hydrogen-bond acceptors (Lipinski definition) is 6. The van der Waals surface area contributed by atoms with Gasteiger partial charge in [-0.25, -0.2) is 0 Å². The van der Waals surface area contributed by atoms with Crippen molar-refractivity contribution in [2.45, 2.75) is 46.0 Å². The first kappa shape index (κ1) is 23.3. The molecule has 6 nitrogen and oxygen atoms in total. The van der Waals surface area contributed by atoms with Crippen molar-refractivity contribution in [1.82, 2.24) is 0 Å². The van der Waals surface area contributed by atoms with E-state index in [1.807, 2.05) is 26.0 Å². The fourth-order valence-corrected chi connectivity index (χ4v) is 3.75. The van der Waals surface area contributed by atoms with Gasteiger partial charge in [0.05, 0.1) is 24.0 Å². The normalized spacial score (nSPS) is 10.3. The zero-order valence-electron chi connectivity index (χ0n) is 17.3. The molecule has 1 amide bonds. The van der Waals surface area contributed by atoms with Crippen LogP contribution >= 0.6 is 11.3 Å². The minimum Gasteiger partial charge on any atom is -0.494 e. The van der Waals surface area contributed by atoms with Gasteiger partial charge in [-0.2, -0.15) is 5.26 Å². The Morgan fingerprint density at radius 2 is 1.73 bits per heavy atom. The molecule has 158 valence electrons. The van der Waals surface area contributed by atoms with Gasteiger partial charge < -0.3 is 9.64 Å². The molecule has 0 fully saturated rings.